The van der Waals surface area contributed by atoms with E-state index in [1.807, 2.05) is 6.92 Å². The molecule has 3 rings (SSSR count). The van der Waals surface area contributed by atoms with Crippen LogP contribution in [0.3, 0.4) is 0 Å². The largest absolute Gasteiger partial charge is 0.478 e. The van der Waals surface area contributed by atoms with E-state index in [1.54, 1.807) is 0 Å². The molecule has 0 bridgehead atoms. The smallest absolute Gasteiger partial charge is 0.337 e. The zero-order valence-electron chi connectivity index (χ0n) is 15.1. The number of carboxylic acid groups (broad SMARTS) is 1. The van der Waals surface area contributed by atoms with Crippen molar-refractivity contribution in [2.75, 3.05) is 19.7 Å². The summed E-state index contributed by atoms with van der Waals surface area (Å²) in [5.41, 5.74) is -0.243. The van der Waals surface area contributed by atoms with E-state index in [1.165, 1.54) is 28.6 Å². The van der Waals surface area contributed by atoms with Crippen molar-refractivity contribution in [3.05, 3.63) is 29.8 Å². The van der Waals surface area contributed by atoms with Crippen molar-refractivity contribution in [2.24, 2.45) is 5.92 Å². The van der Waals surface area contributed by atoms with Gasteiger partial charge in [-0.2, -0.15) is 4.31 Å². The molecule has 0 spiro atoms. The fraction of sp³-hybridized carbons (Fsp3) is 0.556. The van der Waals surface area contributed by atoms with Crippen LogP contribution in [0, 0.1) is 5.92 Å². The van der Waals surface area contributed by atoms with Gasteiger partial charge in [-0.15, -0.1) is 0 Å². The Morgan fingerprint density at radius 3 is 2.48 bits per heavy atom. The number of piperidine rings is 1. The van der Waals surface area contributed by atoms with Crippen LogP contribution in [0.5, 0.6) is 0 Å². The van der Waals surface area contributed by atoms with Crippen molar-refractivity contribution in [1.29, 1.82) is 0 Å². The first-order valence-corrected chi connectivity index (χ1v) is 10.5. The minimum Gasteiger partial charge on any atom is -0.478 e. The number of sulfonamides is 1. The van der Waals surface area contributed by atoms with Crippen molar-refractivity contribution < 1.29 is 27.9 Å². The van der Waals surface area contributed by atoms with E-state index in [0.717, 1.165) is 6.42 Å². The highest BCUT2D eigenvalue weighted by Gasteiger charge is 2.35. The van der Waals surface area contributed by atoms with Crippen LogP contribution in [0.1, 0.15) is 36.5 Å². The minimum absolute atomic E-state index is 0.0108. The average Bonchev–Trinajstić information content (AvgIpc) is 3.06. The minimum atomic E-state index is -3.92. The number of aromatic carboxylic acids is 1. The summed E-state index contributed by atoms with van der Waals surface area (Å²) in [5.74, 6) is -1.60. The lowest BCUT2D eigenvalue weighted by atomic mass is 9.96. The van der Waals surface area contributed by atoms with Gasteiger partial charge in [0.25, 0.3) is 0 Å². The lowest BCUT2D eigenvalue weighted by molar-refractivity contribution is -0.126. The molecule has 2 aliphatic heterocycles. The summed E-state index contributed by atoms with van der Waals surface area (Å²) in [6.45, 7) is 2.84. The zero-order valence-corrected chi connectivity index (χ0v) is 15.9. The van der Waals surface area contributed by atoms with Crippen LogP contribution in [0.25, 0.3) is 0 Å². The highest BCUT2D eigenvalue weighted by atomic mass is 32.2. The molecule has 0 aromatic heterocycles. The summed E-state index contributed by atoms with van der Waals surface area (Å²) in [6.07, 6.45) is 1.73. The van der Waals surface area contributed by atoms with Crippen LogP contribution in [-0.4, -0.2) is 61.5 Å². The lowest BCUT2D eigenvalue weighted by Crippen LogP contribution is -2.45. The van der Waals surface area contributed by atoms with E-state index in [-0.39, 0.29) is 47.5 Å². The first-order valence-electron chi connectivity index (χ1n) is 9.03. The number of carbonyl (C=O) groups excluding carboxylic acids is 1. The van der Waals surface area contributed by atoms with Crippen molar-refractivity contribution in [2.45, 2.75) is 43.2 Å². The summed E-state index contributed by atoms with van der Waals surface area (Å²) in [7, 11) is -3.92. The molecule has 148 valence electrons. The molecule has 2 fully saturated rings. The molecule has 1 amide bonds. The Morgan fingerprint density at radius 2 is 1.89 bits per heavy atom. The molecule has 2 heterocycles. The number of amides is 1. The molecule has 1 aromatic carbocycles. The second kappa shape index (κ2) is 7.95. The van der Waals surface area contributed by atoms with Crippen LogP contribution in [0.4, 0.5) is 0 Å². The number of benzene rings is 1. The van der Waals surface area contributed by atoms with Crippen molar-refractivity contribution >= 4 is 21.9 Å². The van der Waals surface area contributed by atoms with Gasteiger partial charge in [-0.05, 0) is 38.3 Å². The summed E-state index contributed by atoms with van der Waals surface area (Å²) < 4.78 is 32.4. The van der Waals surface area contributed by atoms with Gasteiger partial charge in [-0.1, -0.05) is 12.1 Å². The Hall–Kier alpha value is -1.97. The molecule has 0 radical (unpaired) electrons. The van der Waals surface area contributed by atoms with Crippen LogP contribution in [0.2, 0.25) is 0 Å². The molecule has 8 nitrogen and oxygen atoms in total. The third-order valence-corrected chi connectivity index (χ3v) is 7.06. The standard InChI is InChI=1S/C18H24N2O6S/c1-12-10-14(11-26-12)19-17(21)13-6-8-20(9-7-13)27(24,25)16-5-3-2-4-15(16)18(22)23/h2-5,12-14H,6-11H2,1H3,(H,19,21)(H,22,23). The van der Waals surface area contributed by atoms with Crippen LogP contribution in [-0.2, 0) is 19.6 Å². The van der Waals surface area contributed by atoms with E-state index in [2.05, 4.69) is 5.32 Å². The molecule has 2 unspecified atom stereocenters. The van der Waals surface area contributed by atoms with Gasteiger partial charge in [0, 0.05) is 19.0 Å². The quantitative estimate of drug-likeness (QED) is 0.770. The molecule has 2 N–H and O–H groups in total. The number of ether oxygens (including phenoxy) is 1. The molecular formula is C18H24N2O6S. The second-order valence-electron chi connectivity index (χ2n) is 7.06. The molecule has 27 heavy (non-hydrogen) atoms. The molecule has 0 saturated carbocycles. The predicted molar refractivity (Wildman–Crippen MR) is 96.8 cm³/mol. The monoisotopic (exact) mass is 396 g/mol. The van der Waals surface area contributed by atoms with E-state index < -0.39 is 16.0 Å². The summed E-state index contributed by atoms with van der Waals surface area (Å²) in [6, 6.07) is 5.59. The van der Waals surface area contributed by atoms with Gasteiger partial charge in [0.05, 0.1) is 29.2 Å². The maximum Gasteiger partial charge on any atom is 0.337 e. The van der Waals surface area contributed by atoms with E-state index in [4.69, 9.17) is 4.74 Å². The Kier molecular flexibility index (Phi) is 5.83. The van der Waals surface area contributed by atoms with Crippen LogP contribution >= 0.6 is 0 Å². The molecule has 2 atom stereocenters. The molecule has 2 aliphatic rings. The maximum atomic E-state index is 12.8. The number of carboxylic acids is 1. The van der Waals surface area contributed by atoms with E-state index in [0.29, 0.717) is 19.4 Å². The third-order valence-electron chi connectivity index (χ3n) is 5.10. The van der Waals surface area contributed by atoms with Crippen molar-refractivity contribution in [1.82, 2.24) is 9.62 Å². The first-order chi connectivity index (χ1) is 12.8. The maximum absolute atomic E-state index is 12.8. The van der Waals surface area contributed by atoms with E-state index in [9.17, 15) is 23.1 Å². The molecular weight excluding hydrogens is 372 g/mol. The Bertz CT molecular complexity index is 817. The number of carbonyl (C=O) groups is 2. The fourth-order valence-electron chi connectivity index (χ4n) is 3.60. The topological polar surface area (TPSA) is 113 Å². The first kappa shape index (κ1) is 19.8. The van der Waals surface area contributed by atoms with Gasteiger partial charge in [0.1, 0.15) is 0 Å². The SMILES string of the molecule is CC1CC(NC(=O)C2CCN(S(=O)(=O)c3ccccc3C(=O)O)CC2)CO1. The average molecular weight is 396 g/mol. The highest BCUT2D eigenvalue weighted by molar-refractivity contribution is 7.89. The predicted octanol–water partition coefficient (Wildman–Crippen LogP) is 1.08. The third kappa shape index (κ3) is 4.31. The van der Waals surface area contributed by atoms with Gasteiger partial charge in [-0.25, -0.2) is 13.2 Å². The fourth-order valence-corrected chi connectivity index (χ4v) is 5.26. The zero-order chi connectivity index (χ0) is 19.6. The van der Waals surface area contributed by atoms with Gasteiger partial charge >= 0.3 is 5.97 Å². The molecule has 0 aliphatic carbocycles. The number of nitrogens with one attached hydrogen (secondary N) is 1. The second-order valence-corrected chi connectivity index (χ2v) is 8.97. The number of nitrogens with zero attached hydrogens (tertiary/aromatic N) is 1. The van der Waals surface area contributed by atoms with Gasteiger partial charge in [-0.3, -0.25) is 4.79 Å². The number of hydrogen-bond acceptors (Lipinski definition) is 5. The summed E-state index contributed by atoms with van der Waals surface area (Å²) >= 11 is 0. The van der Waals surface area contributed by atoms with E-state index >= 15 is 0 Å². The molecule has 2 saturated heterocycles. The summed E-state index contributed by atoms with van der Waals surface area (Å²) in [5, 5.41) is 12.2. The summed E-state index contributed by atoms with van der Waals surface area (Å²) in [4.78, 5) is 23.5. The van der Waals surface area contributed by atoms with Gasteiger partial charge in [0.15, 0.2) is 0 Å². The Balaban J connectivity index is 1.63. The lowest BCUT2D eigenvalue weighted by Gasteiger charge is -2.31. The Morgan fingerprint density at radius 1 is 1.22 bits per heavy atom. The van der Waals surface area contributed by atoms with Crippen LogP contribution in [0.15, 0.2) is 29.2 Å². The molecule has 1 aromatic rings. The molecule has 9 heteroatoms. The van der Waals surface area contributed by atoms with Gasteiger partial charge < -0.3 is 15.2 Å². The van der Waals surface area contributed by atoms with Crippen molar-refractivity contribution in [3.8, 4) is 0 Å². The van der Waals surface area contributed by atoms with Crippen LogP contribution < -0.4 is 5.32 Å². The number of rotatable bonds is 5. The highest BCUT2D eigenvalue weighted by Crippen LogP contribution is 2.26. The van der Waals surface area contributed by atoms with Crippen molar-refractivity contribution in [3.63, 3.8) is 0 Å². The van der Waals surface area contributed by atoms with Gasteiger partial charge in [0.2, 0.25) is 15.9 Å². The normalized spacial score (nSPS) is 24.6. The number of hydrogen-bond donors (Lipinski definition) is 2. The Labute approximate surface area is 158 Å².